The molecule has 1 aliphatic carbocycles. The van der Waals surface area contributed by atoms with E-state index in [-0.39, 0.29) is 0 Å². The summed E-state index contributed by atoms with van der Waals surface area (Å²) in [7, 11) is 2.05. The van der Waals surface area contributed by atoms with E-state index in [0.29, 0.717) is 6.04 Å². The Balaban J connectivity index is 1.62. The zero-order chi connectivity index (χ0) is 14.2. The highest BCUT2D eigenvalue weighted by Gasteiger charge is 2.26. The summed E-state index contributed by atoms with van der Waals surface area (Å²) >= 11 is 1.91. The lowest BCUT2D eigenvalue weighted by molar-refractivity contribution is 0.489. The van der Waals surface area contributed by atoms with Gasteiger partial charge in [0.1, 0.15) is 0 Å². The second-order valence-corrected chi connectivity index (χ2v) is 7.04. The molecule has 0 saturated heterocycles. The molecule has 110 valence electrons. The van der Waals surface area contributed by atoms with Crippen LogP contribution in [-0.4, -0.2) is 18.6 Å². The Hall–Kier alpha value is -1.39. The fourth-order valence-corrected chi connectivity index (χ4v) is 4.67. The second-order valence-electron chi connectivity index (χ2n) is 5.98. The molecule has 4 rings (SSSR count). The van der Waals surface area contributed by atoms with Gasteiger partial charge in [0, 0.05) is 18.0 Å². The molecule has 0 fully saturated rings. The minimum absolute atomic E-state index is 0.454. The molecule has 4 heteroatoms. The zero-order valence-electron chi connectivity index (χ0n) is 12.4. The summed E-state index contributed by atoms with van der Waals surface area (Å²) in [6, 6.07) is 9.26. The molecule has 2 heterocycles. The monoisotopic (exact) mass is 299 g/mol. The number of aromatic nitrogens is 1. The highest BCUT2D eigenvalue weighted by Crippen LogP contribution is 2.37. The second kappa shape index (κ2) is 5.43. The van der Waals surface area contributed by atoms with Crippen LogP contribution in [0.5, 0.6) is 0 Å². The first-order valence-corrected chi connectivity index (χ1v) is 8.65. The Morgan fingerprint density at radius 1 is 1.24 bits per heavy atom. The fourth-order valence-electron chi connectivity index (χ4n) is 3.48. The van der Waals surface area contributed by atoms with Gasteiger partial charge in [-0.15, -0.1) is 11.3 Å². The van der Waals surface area contributed by atoms with E-state index in [2.05, 4.69) is 41.5 Å². The van der Waals surface area contributed by atoms with Crippen LogP contribution in [0.1, 0.15) is 40.6 Å². The van der Waals surface area contributed by atoms with Crippen molar-refractivity contribution in [2.75, 3.05) is 18.5 Å². The molecule has 0 radical (unpaired) electrons. The van der Waals surface area contributed by atoms with Crippen LogP contribution in [0.4, 0.5) is 5.13 Å². The Bertz CT molecular complexity index is 649. The number of rotatable bonds is 2. The van der Waals surface area contributed by atoms with Gasteiger partial charge in [-0.2, -0.15) is 0 Å². The number of thiazole rings is 1. The van der Waals surface area contributed by atoms with Crippen LogP contribution in [0.25, 0.3) is 0 Å². The lowest BCUT2D eigenvalue weighted by atomic mass is 9.98. The van der Waals surface area contributed by atoms with Crippen molar-refractivity contribution in [1.29, 1.82) is 0 Å². The van der Waals surface area contributed by atoms with Gasteiger partial charge < -0.3 is 10.2 Å². The van der Waals surface area contributed by atoms with Crippen LogP contribution < -0.4 is 10.2 Å². The third-order valence-corrected chi connectivity index (χ3v) is 5.88. The van der Waals surface area contributed by atoms with E-state index in [1.807, 2.05) is 11.3 Å². The van der Waals surface area contributed by atoms with E-state index in [1.165, 1.54) is 46.1 Å². The lowest BCUT2D eigenvalue weighted by Gasteiger charge is -2.28. The molecule has 0 spiro atoms. The molecule has 1 unspecified atom stereocenters. The van der Waals surface area contributed by atoms with Crippen LogP contribution in [0.3, 0.4) is 0 Å². The normalized spacial score (nSPS) is 21.0. The van der Waals surface area contributed by atoms with Gasteiger partial charge in [-0.1, -0.05) is 24.3 Å². The van der Waals surface area contributed by atoms with Crippen molar-refractivity contribution in [2.45, 2.75) is 38.3 Å². The van der Waals surface area contributed by atoms with Crippen molar-refractivity contribution >= 4 is 16.5 Å². The lowest BCUT2D eigenvalue weighted by Crippen LogP contribution is -2.30. The van der Waals surface area contributed by atoms with Gasteiger partial charge in [-0.05, 0) is 43.9 Å². The Morgan fingerprint density at radius 2 is 2.10 bits per heavy atom. The number of hydrogen-bond donors (Lipinski definition) is 1. The first kappa shape index (κ1) is 13.3. The van der Waals surface area contributed by atoms with Crippen molar-refractivity contribution in [3.05, 3.63) is 46.0 Å². The van der Waals surface area contributed by atoms with Crippen molar-refractivity contribution in [1.82, 2.24) is 10.3 Å². The molecule has 1 atom stereocenters. The molecule has 1 N–H and O–H groups in total. The van der Waals surface area contributed by atoms with Crippen LogP contribution in [-0.2, 0) is 19.4 Å². The summed E-state index contributed by atoms with van der Waals surface area (Å²) in [5.74, 6) is 0. The molecule has 3 nitrogen and oxygen atoms in total. The topological polar surface area (TPSA) is 28.2 Å². The minimum Gasteiger partial charge on any atom is -0.343 e. The van der Waals surface area contributed by atoms with Crippen molar-refractivity contribution in [2.24, 2.45) is 0 Å². The summed E-state index contributed by atoms with van der Waals surface area (Å²) in [5.41, 5.74) is 4.27. The summed E-state index contributed by atoms with van der Waals surface area (Å²) in [5, 5.41) is 4.64. The van der Waals surface area contributed by atoms with Gasteiger partial charge >= 0.3 is 0 Å². The maximum absolute atomic E-state index is 4.98. The van der Waals surface area contributed by atoms with Gasteiger partial charge in [0.05, 0.1) is 11.7 Å². The van der Waals surface area contributed by atoms with E-state index in [4.69, 9.17) is 4.98 Å². The molecule has 1 aliphatic heterocycles. The van der Waals surface area contributed by atoms with Crippen LogP contribution in [0.2, 0.25) is 0 Å². The number of nitrogens with zero attached hydrogens (tertiary/aromatic N) is 2. The average Bonchev–Trinajstić information content (AvgIpc) is 2.98. The third kappa shape index (κ3) is 2.36. The molecule has 1 aromatic heterocycles. The molecule has 2 aromatic rings. The summed E-state index contributed by atoms with van der Waals surface area (Å²) in [6.45, 7) is 2.10. The molecular formula is C17H21N3S. The maximum Gasteiger partial charge on any atom is 0.186 e. The maximum atomic E-state index is 4.98. The minimum atomic E-state index is 0.454. The van der Waals surface area contributed by atoms with Crippen molar-refractivity contribution < 1.29 is 0 Å². The van der Waals surface area contributed by atoms with Gasteiger partial charge in [0.25, 0.3) is 0 Å². The molecular weight excluding hydrogens is 278 g/mol. The first-order chi connectivity index (χ1) is 10.3. The predicted octanol–water partition coefficient (Wildman–Crippen LogP) is 3.30. The molecule has 0 saturated carbocycles. The Labute approximate surface area is 130 Å². The smallest absolute Gasteiger partial charge is 0.186 e. The van der Waals surface area contributed by atoms with E-state index in [0.717, 1.165) is 19.5 Å². The highest BCUT2D eigenvalue weighted by molar-refractivity contribution is 7.15. The number of aryl methyl sites for hydroxylation is 1. The number of nitrogens with one attached hydrogen (secondary N) is 1. The molecule has 21 heavy (non-hydrogen) atoms. The third-order valence-electron chi connectivity index (χ3n) is 4.69. The molecule has 1 aromatic carbocycles. The number of fused-ring (bicyclic) bond motifs is 2. The largest absolute Gasteiger partial charge is 0.343 e. The van der Waals surface area contributed by atoms with E-state index < -0.39 is 0 Å². The number of benzene rings is 1. The Kier molecular flexibility index (Phi) is 3.43. The Morgan fingerprint density at radius 3 is 2.95 bits per heavy atom. The van der Waals surface area contributed by atoms with Crippen LogP contribution >= 0.6 is 11.3 Å². The van der Waals surface area contributed by atoms with Crippen molar-refractivity contribution in [3.8, 4) is 0 Å². The predicted molar refractivity (Wildman–Crippen MR) is 88.0 cm³/mol. The summed E-state index contributed by atoms with van der Waals surface area (Å²) in [4.78, 5) is 8.93. The van der Waals surface area contributed by atoms with Gasteiger partial charge in [-0.25, -0.2) is 4.98 Å². The summed E-state index contributed by atoms with van der Waals surface area (Å²) in [6.07, 6.45) is 4.84. The van der Waals surface area contributed by atoms with Gasteiger partial charge in [0.15, 0.2) is 5.13 Å². The average molecular weight is 299 g/mol. The first-order valence-electron chi connectivity index (χ1n) is 7.84. The number of hydrogen-bond acceptors (Lipinski definition) is 4. The van der Waals surface area contributed by atoms with E-state index in [1.54, 1.807) is 0 Å². The summed E-state index contributed by atoms with van der Waals surface area (Å²) < 4.78 is 0. The number of anilines is 1. The standard InChI is InChI=1S/C17H21N3S/c1-18-14-7-4-8-15-16(14)19-17(21-15)20-10-9-12-5-2-3-6-13(12)11-20/h2-3,5-6,14,18H,4,7-11H2,1H3. The highest BCUT2D eigenvalue weighted by atomic mass is 32.1. The molecule has 0 amide bonds. The van der Waals surface area contributed by atoms with Gasteiger partial charge in [0.2, 0.25) is 0 Å². The molecule has 0 bridgehead atoms. The zero-order valence-corrected chi connectivity index (χ0v) is 13.2. The van der Waals surface area contributed by atoms with Gasteiger partial charge in [-0.3, -0.25) is 0 Å². The quantitative estimate of drug-likeness (QED) is 0.922. The van der Waals surface area contributed by atoms with Crippen LogP contribution in [0.15, 0.2) is 24.3 Å². The van der Waals surface area contributed by atoms with Crippen LogP contribution in [0, 0.1) is 0 Å². The van der Waals surface area contributed by atoms with E-state index in [9.17, 15) is 0 Å². The fraction of sp³-hybridized carbons (Fsp3) is 0.471. The SMILES string of the molecule is CNC1CCCc2sc(N3CCc4ccccc4C3)nc21. The molecule has 2 aliphatic rings. The van der Waals surface area contributed by atoms with E-state index >= 15 is 0 Å². The van der Waals surface area contributed by atoms with Crippen molar-refractivity contribution in [3.63, 3.8) is 0 Å².